The Kier molecular flexibility index (Phi) is 4.30. The molecule has 0 fully saturated rings. The highest BCUT2D eigenvalue weighted by Crippen LogP contribution is 2.35. The smallest absolute Gasteiger partial charge is 0.416 e. The van der Waals surface area contributed by atoms with Crippen LogP contribution in [0.2, 0.25) is 0 Å². The van der Waals surface area contributed by atoms with Crippen LogP contribution in [0, 0.1) is 10.1 Å². The Hall–Kier alpha value is -2.32. The zero-order valence-corrected chi connectivity index (χ0v) is 9.31. The number of carbonyl (C=O) groups is 1. The highest BCUT2D eigenvalue weighted by Gasteiger charge is 2.33. The molecule has 0 heterocycles. The number of nitro benzene ring substituents is 1. The Morgan fingerprint density at radius 1 is 1.42 bits per heavy atom. The zero-order chi connectivity index (χ0) is 14.6. The molecule has 0 aliphatic carbocycles. The molecule has 0 spiro atoms. The summed E-state index contributed by atoms with van der Waals surface area (Å²) in [6.07, 6.45) is -5.12. The van der Waals surface area contributed by atoms with Crippen LogP contribution in [0.3, 0.4) is 0 Å². The van der Waals surface area contributed by atoms with Gasteiger partial charge in [0.2, 0.25) is 0 Å². The summed E-state index contributed by atoms with van der Waals surface area (Å²) in [5, 5.41) is 19.0. The SMILES string of the molecule is O=C(O)CCOc1ccc(C(F)(F)F)cc1[N+](=O)[O-]. The molecule has 0 aliphatic heterocycles. The number of nitro groups is 1. The van der Waals surface area contributed by atoms with E-state index in [1.165, 1.54) is 0 Å². The quantitative estimate of drug-likeness (QED) is 0.660. The molecule has 0 saturated heterocycles. The predicted molar refractivity (Wildman–Crippen MR) is 55.8 cm³/mol. The first-order valence-corrected chi connectivity index (χ1v) is 4.92. The third kappa shape index (κ3) is 4.12. The van der Waals surface area contributed by atoms with Crippen molar-refractivity contribution < 1.29 is 32.7 Å². The van der Waals surface area contributed by atoms with E-state index in [1.807, 2.05) is 0 Å². The number of carboxylic acids is 1. The molecule has 19 heavy (non-hydrogen) atoms. The highest BCUT2D eigenvalue weighted by atomic mass is 19.4. The summed E-state index contributed by atoms with van der Waals surface area (Å²) in [4.78, 5) is 19.8. The van der Waals surface area contributed by atoms with Crippen LogP contribution in [0.15, 0.2) is 18.2 Å². The van der Waals surface area contributed by atoms with Gasteiger partial charge in [0.15, 0.2) is 5.75 Å². The first-order valence-electron chi connectivity index (χ1n) is 4.92. The molecule has 1 aromatic rings. The number of alkyl halides is 3. The van der Waals surface area contributed by atoms with Gasteiger partial charge in [-0.1, -0.05) is 0 Å². The van der Waals surface area contributed by atoms with Gasteiger partial charge in [-0.05, 0) is 12.1 Å². The Morgan fingerprint density at radius 2 is 2.05 bits per heavy atom. The summed E-state index contributed by atoms with van der Waals surface area (Å²) < 4.78 is 41.9. The maximum Gasteiger partial charge on any atom is 0.416 e. The molecule has 0 amide bonds. The second-order valence-electron chi connectivity index (χ2n) is 3.43. The molecule has 1 rings (SSSR count). The number of hydrogen-bond acceptors (Lipinski definition) is 4. The minimum Gasteiger partial charge on any atom is -0.486 e. The maximum atomic E-state index is 12.4. The van der Waals surface area contributed by atoms with Crippen LogP contribution in [-0.4, -0.2) is 22.6 Å². The van der Waals surface area contributed by atoms with Crippen LogP contribution in [0.1, 0.15) is 12.0 Å². The van der Waals surface area contributed by atoms with Crippen molar-refractivity contribution in [2.45, 2.75) is 12.6 Å². The van der Waals surface area contributed by atoms with Crippen LogP contribution >= 0.6 is 0 Å². The maximum absolute atomic E-state index is 12.4. The van der Waals surface area contributed by atoms with Gasteiger partial charge in [-0.3, -0.25) is 14.9 Å². The fourth-order valence-electron chi connectivity index (χ4n) is 1.21. The van der Waals surface area contributed by atoms with Crippen molar-refractivity contribution in [1.29, 1.82) is 0 Å². The number of hydrogen-bond donors (Lipinski definition) is 1. The third-order valence-electron chi connectivity index (χ3n) is 2.06. The summed E-state index contributed by atoms with van der Waals surface area (Å²) >= 11 is 0. The summed E-state index contributed by atoms with van der Waals surface area (Å²) in [5.41, 5.74) is -2.04. The van der Waals surface area contributed by atoms with Crippen molar-refractivity contribution in [2.24, 2.45) is 0 Å². The van der Waals surface area contributed by atoms with Gasteiger partial charge in [0.1, 0.15) is 0 Å². The Labute approximate surface area is 104 Å². The van der Waals surface area contributed by atoms with E-state index in [-0.39, 0.29) is 6.61 Å². The van der Waals surface area contributed by atoms with Gasteiger partial charge in [-0.15, -0.1) is 0 Å². The molecule has 0 radical (unpaired) electrons. The molecular formula is C10H8F3NO5. The first-order chi connectivity index (χ1) is 8.71. The molecule has 0 bridgehead atoms. The van der Waals surface area contributed by atoms with Crippen LogP contribution in [0.5, 0.6) is 5.75 Å². The summed E-state index contributed by atoms with van der Waals surface area (Å²) in [6, 6.07) is 1.77. The van der Waals surface area contributed by atoms with Gasteiger partial charge >= 0.3 is 17.8 Å². The van der Waals surface area contributed by atoms with Crippen LogP contribution < -0.4 is 4.74 Å². The van der Waals surface area contributed by atoms with E-state index in [4.69, 9.17) is 9.84 Å². The van der Waals surface area contributed by atoms with Crippen LogP contribution in [-0.2, 0) is 11.0 Å². The van der Waals surface area contributed by atoms with Gasteiger partial charge in [-0.2, -0.15) is 13.2 Å². The van der Waals surface area contributed by atoms with Crippen molar-refractivity contribution in [1.82, 2.24) is 0 Å². The number of nitrogens with zero attached hydrogens (tertiary/aromatic N) is 1. The van der Waals surface area contributed by atoms with E-state index >= 15 is 0 Å². The Balaban J connectivity index is 2.99. The lowest BCUT2D eigenvalue weighted by atomic mass is 10.2. The van der Waals surface area contributed by atoms with Crippen molar-refractivity contribution in [3.63, 3.8) is 0 Å². The summed E-state index contributed by atoms with van der Waals surface area (Å²) in [5.74, 6) is -1.59. The number of aliphatic carboxylic acids is 1. The molecule has 6 nitrogen and oxygen atoms in total. The Morgan fingerprint density at radius 3 is 2.53 bits per heavy atom. The predicted octanol–water partition coefficient (Wildman–Crippen LogP) is 2.47. The molecule has 0 saturated carbocycles. The topological polar surface area (TPSA) is 89.7 Å². The summed E-state index contributed by atoms with van der Waals surface area (Å²) in [7, 11) is 0. The average molecular weight is 279 g/mol. The monoisotopic (exact) mass is 279 g/mol. The van der Waals surface area contributed by atoms with Gasteiger partial charge in [-0.25, -0.2) is 0 Å². The zero-order valence-electron chi connectivity index (χ0n) is 9.31. The van der Waals surface area contributed by atoms with Crippen LogP contribution in [0.4, 0.5) is 18.9 Å². The fourth-order valence-corrected chi connectivity index (χ4v) is 1.21. The lowest BCUT2D eigenvalue weighted by Crippen LogP contribution is -2.08. The lowest BCUT2D eigenvalue weighted by molar-refractivity contribution is -0.386. The second kappa shape index (κ2) is 5.55. The number of rotatable bonds is 5. The minimum absolute atomic E-state index is 0.343. The third-order valence-corrected chi connectivity index (χ3v) is 2.06. The number of carboxylic acid groups (broad SMARTS) is 1. The highest BCUT2D eigenvalue weighted by molar-refractivity contribution is 5.66. The van der Waals surface area contributed by atoms with Crippen molar-refractivity contribution >= 4 is 11.7 Å². The van der Waals surface area contributed by atoms with E-state index < -0.39 is 40.5 Å². The molecule has 0 atom stereocenters. The molecule has 9 heteroatoms. The van der Waals surface area contributed by atoms with Crippen molar-refractivity contribution in [3.05, 3.63) is 33.9 Å². The average Bonchev–Trinajstić information content (AvgIpc) is 2.27. The van der Waals surface area contributed by atoms with E-state index in [0.29, 0.717) is 12.1 Å². The van der Waals surface area contributed by atoms with Gasteiger partial charge in [0.05, 0.1) is 23.5 Å². The number of halogens is 3. The van der Waals surface area contributed by atoms with Crippen molar-refractivity contribution in [3.8, 4) is 5.75 Å². The van der Waals surface area contributed by atoms with E-state index in [9.17, 15) is 28.1 Å². The molecular weight excluding hydrogens is 271 g/mol. The number of benzene rings is 1. The normalized spacial score (nSPS) is 11.1. The standard InChI is InChI=1S/C10H8F3NO5/c11-10(12,13)6-1-2-8(7(5-6)14(17)18)19-4-3-9(15)16/h1-2,5H,3-4H2,(H,15,16). The molecule has 0 aliphatic rings. The second-order valence-corrected chi connectivity index (χ2v) is 3.43. The van der Waals surface area contributed by atoms with Gasteiger partial charge < -0.3 is 9.84 Å². The van der Waals surface area contributed by atoms with E-state index in [0.717, 1.165) is 6.07 Å². The largest absolute Gasteiger partial charge is 0.486 e. The summed E-state index contributed by atoms with van der Waals surface area (Å²) in [6.45, 7) is -0.373. The van der Waals surface area contributed by atoms with Gasteiger partial charge in [0.25, 0.3) is 0 Å². The Bertz CT molecular complexity index is 500. The number of ether oxygens (including phenoxy) is 1. The first kappa shape index (κ1) is 14.7. The molecule has 1 aromatic carbocycles. The van der Waals surface area contributed by atoms with Crippen molar-refractivity contribution in [2.75, 3.05) is 6.61 Å². The minimum atomic E-state index is -4.70. The molecule has 0 aromatic heterocycles. The molecule has 1 N–H and O–H groups in total. The molecule has 104 valence electrons. The fraction of sp³-hybridized carbons (Fsp3) is 0.300. The lowest BCUT2D eigenvalue weighted by Gasteiger charge is -2.09. The van der Waals surface area contributed by atoms with E-state index in [1.54, 1.807) is 0 Å². The molecule has 0 unspecified atom stereocenters. The van der Waals surface area contributed by atoms with E-state index in [2.05, 4.69) is 0 Å². The van der Waals surface area contributed by atoms with Gasteiger partial charge in [0, 0.05) is 6.07 Å². The van der Waals surface area contributed by atoms with Crippen LogP contribution in [0.25, 0.3) is 0 Å².